The highest BCUT2D eigenvalue weighted by molar-refractivity contribution is 8.00. The Bertz CT molecular complexity index is 708. The lowest BCUT2D eigenvalue weighted by Crippen LogP contribution is -2.50. The fourth-order valence-electron chi connectivity index (χ4n) is 3.08. The number of hydrogen-bond acceptors (Lipinski definition) is 3. The minimum absolute atomic E-state index is 0.267. The molecule has 6 heteroatoms. The van der Waals surface area contributed by atoms with E-state index < -0.39 is 0 Å². The zero-order chi connectivity index (χ0) is 17.7. The molecular formula is C19H27N5S. The van der Waals surface area contributed by atoms with Crippen LogP contribution in [0.3, 0.4) is 0 Å². The summed E-state index contributed by atoms with van der Waals surface area (Å²) < 4.78 is 2.31. The predicted octanol–water partition coefficient (Wildman–Crippen LogP) is 3.17. The van der Waals surface area contributed by atoms with Crippen LogP contribution >= 0.6 is 11.8 Å². The first-order chi connectivity index (χ1) is 12.1. The van der Waals surface area contributed by atoms with Crippen molar-refractivity contribution in [3.8, 4) is 5.69 Å². The van der Waals surface area contributed by atoms with Crippen molar-refractivity contribution in [2.45, 2.75) is 32.1 Å². The number of nitrogens with one attached hydrogen (secondary N) is 1. The maximum Gasteiger partial charge on any atom is 0.194 e. The number of benzene rings is 1. The summed E-state index contributed by atoms with van der Waals surface area (Å²) in [4.78, 5) is 11.5. The number of para-hydroxylation sites is 1. The number of thioether (sulfide) groups is 1. The Balaban J connectivity index is 1.81. The van der Waals surface area contributed by atoms with Gasteiger partial charge in [-0.05, 0) is 32.4 Å². The smallest absolute Gasteiger partial charge is 0.194 e. The quantitative estimate of drug-likeness (QED) is 0.674. The normalized spacial score (nSPS) is 17.6. The Morgan fingerprint density at radius 3 is 2.92 bits per heavy atom. The van der Waals surface area contributed by atoms with Crippen LogP contribution in [-0.4, -0.2) is 50.5 Å². The van der Waals surface area contributed by atoms with Gasteiger partial charge in [0.25, 0.3) is 0 Å². The monoisotopic (exact) mass is 357 g/mol. The van der Waals surface area contributed by atoms with Crippen LogP contribution in [0.1, 0.15) is 26.3 Å². The second kappa shape index (κ2) is 7.95. The summed E-state index contributed by atoms with van der Waals surface area (Å²) >= 11 is 2.04. The zero-order valence-corrected chi connectivity index (χ0v) is 16.1. The second-order valence-electron chi connectivity index (χ2n) is 6.80. The van der Waals surface area contributed by atoms with Gasteiger partial charge in [0, 0.05) is 42.5 Å². The molecule has 2 heterocycles. The van der Waals surface area contributed by atoms with Gasteiger partial charge in [0.15, 0.2) is 5.96 Å². The SMILES string of the molecule is CCNC(=NCc1ccccc1-n1ccnc1)N1CCSC(C)(C)C1. The molecule has 1 aliphatic heterocycles. The molecule has 1 aromatic carbocycles. The topological polar surface area (TPSA) is 45.5 Å². The minimum Gasteiger partial charge on any atom is -0.357 e. The first-order valence-electron chi connectivity index (χ1n) is 8.82. The summed E-state index contributed by atoms with van der Waals surface area (Å²) in [6.07, 6.45) is 5.61. The summed E-state index contributed by atoms with van der Waals surface area (Å²) in [6.45, 7) is 10.3. The number of aliphatic imine (C=N–C) groups is 1. The summed E-state index contributed by atoms with van der Waals surface area (Å²) in [5, 5.41) is 3.46. The van der Waals surface area contributed by atoms with Crippen LogP contribution in [0.5, 0.6) is 0 Å². The van der Waals surface area contributed by atoms with E-state index in [1.807, 2.05) is 28.9 Å². The molecule has 1 saturated heterocycles. The molecule has 3 rings (SSSR count). The van der Waals surface area contributed by atoms with E-state index >= 15 is 0 Å². The van der Waals surface area contributed by atoms with Crippen LogP contribution < -0.4 is 5.32 Å². The first kappa shape index (κ1) is 17.9. The summed E-state index contributed by atoms with van der Waals surface area (Å²) in [5.74, 6) is 2.15. The molecule has 0 spiro atoms. The van der Waals surface area contributed by atoms with E-state index in [1.165, 1.54) is 5.56 Å². The van der Waals surface area contributed by atoms with Gasteiger partial charge < -0.3 is 14.8 Å². The van der Waals surface area contributed by atoms with Gasteiger partial charge in [-0.1, -0.05) is 18.2 Å². The molecule has 1 aliphatic rings. The van der Waals surface area contributed by atoms with Crippen molar-refractivity contribution < 1.29 is 0 Å². The van der Waals surface area contributed by atoms with Crippen LogP contribution in [0.4, 0.5) is 0 Å². The van der Waals surface area contributed by atoms with E-state index in [0.29, 0.717) is 6.54 Å². The largest absolute Gasteiger partial charge is 0.357 e. The lowest BCUT2D eigenvalue weighted by Gasteiger charge is -2.39. The third-order valence-electron chi connectivity index (χ3n) is 4.23. The molecule has 0 bridgehead atoms. The molecule has 0 aliphatic carbocycles. The number of guanidine groups is 1. The van der Waals surface area contributed by atoms with Gasteiger partial charge in [-0.15, -0.1) is 0 Å². The van der Waals surface area contributed by atoms with Gasteiger partial charge in [0.05, 0.1) is 18.6 Å². The molecule has 25 heavy (non-hydrogen) atoms. The molecule has 0 radical (unpaired) electrons. The number of imidazole rings is 1. The predicted molar refractivity (Wildman–Crippen MR) is 106 cm³/mol. The molecule has 1 N–H and O–H groups in total. The number of aromatic nitrogens is 2. The van der Waals surface area contributed by atoms with Crippen LogP contribution in [0.25, 0.3) is 5.69 Å². The minimum atomic E-state index is 0.267. The van der Waals surface area contributed by atoms with Gasteiger partial charge in [-0.3, -0.25) is 0 Å². The van der Waals surface area contributed by atoms with Crippen LogP contribution in [0.2, 0.25) is 0 Å². The first-order valence-corrected chi connectivity index (χ1v) is 9.81. The highest BCUT2D eigenvalue weighted by Gasteiger charge is 2.28. The number of hydrogen-bond donors (Lipinski definition) is 1. The van der Waals surface area contributed by atoms with Crippen molar-refractivity contribution in [2.75, 3.05) is 25.4 Å². The second-order valence-corrected chi connectivity index (χ2v) is 8.60. The molecule has 0 atom stereocenters. The van der Waals surface area contributed by atoms with Crippen LogP contribution in [0.15, 0.2) is 48.0 Å². The maximum atomic E-state index is 4.93. The Hall–Kier alpha value is -1.95. The molecule has 134 valence electrons. The molecule has 5 nitrogen and oxygen atoms in total. The highest BCUT2D eigenvalue weighted by Crippen LogP contribution is 2.29. The van der Waals surface area contributed by atoms with E-state index in [4.69, 9.17) is 4.99 Å². The molecule has 2 aromatic rings. The molecule has 1 aromatic heterocycles. The molecule has 1 fully saturated rings. The van der Waals surface area contributed by atoms with Crippen LogP contribution in [0, 0.1) is 0 Å². The molecular weight excluding hydrogens is 330 g/mol. The zero-order valence-electron chi connectivity index (χ0n) is 15.3. The fourth-order valence-corrected chi connectivity index (χ4v) is 4.19. The standard InChI is InChI=1S/C19H27N5S/c1-4-21-18(23-11-12-25-19(2,3)14-23)22-13-16-7-5-6-8-17(16)24-10-9-20-15-24/h5-10,15H,4,11-14H2,1-3H3,(H,21,22). The number of nitrogens with zero attached hydrogens (tertiary/aromatic N) is 4. The van der Waals surface area contributed by atoms with E-state index in [2.05, 4.69) is 60.2 Å². The van der Waals surface area contributed by atoms with Gasteiger partial charge in [-0.2, -0.15) is 11.8 Å². The Morgan fingerprint density at radius 2 is 2.20 bits per heavy atom. The van der Waals surface area contributed by atoms with E-state index in [0.717, 1.165) is 37.0 Å². The van der Waals surface area contributed by atoms with Crippen molar-refractivity contribution in [2.24, 2.45) is 4.99 Å². The van der Waals surface area contributed by atoms with Crippen molar-refractivity contribution in [1.29, 1.82) is 0 Å². The summed E-state index contributed by atoms with van der Waals surface area (Å²) in [5.41, 5.74) is 2.33. The molecule has 0 amide bonds. The van der Waals surface area contributed by atoms with Gasteiger partial charge in [-0.25, -0.2) is 9.98 Å². The van der Waals surface area contributed by atoms with Crippen molar-refractivity contribution in [3.63, 3.8) is 0 Å². The Kier molecular flexibility index (Phi) is 5.68. The molecule has 0 saturated carbocycles. The molecule has 0 unspecified atom stereocenters. The lowest BCUT2D eigenvalue weighted by atomic mass is 10.1. The van der Waals surface area contributed by atoms with E-state index in [-0.39, 0.29) is 4.75 Å². The van der Waals surface area contributed by atoms with Gasteiger partial charge in [0.1, 0.15) is 0 Å². The average Bonchev–Trinajstić information content (AvgIpc) is 3.12. The van der Waals surface area contributed by atoms with Crippen molar-refractivity contribution >= 4 is 17.7 Å². The lowest BCUT2D eigenvalue weighted by molar-refractivity contribution is 0.376. The Labute approximate surface area is 154 Å². The third-order valence-corrected chi connectivity index (χ3v) is 5.53. The van der Waals surface area contributed by atoms with Gasteiger partial charge >= 0.3 is 0 Å². The summed E-state index contributed by atoms with van der Waals surface area (Å²) in [7, 11) is 0. The Morgan fingerprint density at radius 1 is 1.36 bits per heavy atom. The average molecular weight is 358 g/mol. The summed E-state index contributed by atoms with van der Waals surface area (Å²) in [6, 6.07) is 8.37. The van der Waals surface area contributed by atoms with Crippen LogP contribution in [-0.2, 0) is 6.54 Å². The van der Waals surface area contributed by atoms with Gasteiger partial charge in [0.2, 0.25) is 0 Å². The van der Waals surface area contributed by atoms with Crippen molar-refractivity contribution in [3.05, 3.63) is 48.5 Å². The fraction of sp³-hybridized carbons (Fsp3) is 0.474. The van der Waals surface area contributed by atoms with Crippen molar-refractivity contribution in [1.82, 2.24) is 19.8 Å². The highest BCUT2D eigenvalue weighted by atomic mass is 32.2. The number of rotatable bonds is 4. The maximum absolute atomic E-state index is 4.93. The third kappa shape index (κ3) is 4.57. The van der Waals surface area contributed by atoms with E-state index in [1.54, 1.807) is 6.20 Å². The van der Waals surface area contributed by atoms with E-state index in [9.17, 15) is 0 Å².